The van der Waals surface area contributed by atoms with Gasteiger partial charge in [0, 0.05) is 17.2 Å². The molecule has 0 aliphatic heterocycles. The topological polar surface area (TPSA) is 85.5 Å². The zero-order valence-corrected chi connectivity index (χ0v) is 17.2. The van der Waals surface area contributed by atoms with Gasteiger partial charge in [0.2, 0.25) is 0 Å². The van der Waals surface area contributed by atoms with Gasteiger partial charge in [0.15, 0.2) is 17.3 Å². The molecule has 1 aromatic heterocycles. The third kappa shape index (κ3) is 4.63. The van der Waals surface area contributed by atoms with Crippen molar-refractivity contribution in [1.82, 2.24) is 10.2 Å². The molecule has 1 amide bonds. The number of methoxy groups -OCH3 is 2. The standard InChI is InChI=1S/C21H22ClN3O4/c1-4-9-29-20-15(22)10-13(11-18(20)28-3)21(26)23-19-12-16(24-25-19)14-7-5-6-8-17(14)27-2/h5-8,10-12H,4,9H2,1-3H3,(H2,23,24,25,26). The second-order valence-corrected chi connectivity index (χ2v) is 6.57. The first kappa shape index (κ1) is 20.5. The minimum atomic E-state index is -0.370. The number of ether oxygens (including phenoxy) is 3. The van der Waals surface area contributed by atoms with E-state index in [0.29, 0.717) is 40.3 Å². The van der Waals surface area contributed by atoms with Crippen LogP contribution in [0.15, 0.2) is 42.5 Å². The number of hydrogen-bond acceptors (Lipinski definition) is 5. The fraction of sp³-hybridized carbons (Fsp3) is 0.238. The summed E-state index contributed by atoms with van der Waals surface area (Å²) >= 11 is 6.29. The third-order valence-electron chi connectivity index (χ3n) is 4.16. The summed E-state index contributed by atoms with van der Waals surface area (Å²) in [6, 6.07) is 12.4. The fourth-order valence-corrected chi connectivity index (χ4v) is 3.04. The van der Waals surface area contributed by atoms with Crippen LogP contribution < -0.4 is 19.5 Å². The Morgan fingerprint density at radius 1 is 1.14 bits per heavy atom. The zero-order valence-electron chi connectivity index (χ0n) is 16.4. The van der Waals surface area contributed by atoms with Gasteiger partial charge >= 0.3 is 0 Å². The highest BCUT2D eigenvalue weighted by molar-refractivity contribution is 6.32. The minimum absolute atomic E-state index is 0.305. The van der Waals surface area contributed by atoms with Crippen molar-refractivity contribution in [3.63, 3.8) is 0 Å². The Labute approximate surface area is 173 Å². The summed E-state index contributed by atoms with van der Waals surface area (Å²) in [6.07, 6.45) is 0.829. The minimum Gasteiger partial charge on any atom is -0.496 e. The molecule has 3 aromatic rings. The highest BCUT2D eigenvalue weighted by atomic mass is 35.5. The number of aromatic amines is 1. The van der Waals surface area contributed by atoms with Crippen molar-refractivity contribution in [3.05, 3.63) is 53.1 Å². The number of anilines is 1. The summed E-state index contributed by atoms with van der Waals surface area (Å²) in [5, 5.41) is 10.1. The number of carbonyl (C=O) groups is 1. The summed E-state index contributed by atoms with van der Waals surface area (Å²) < 4.78 is 16.3. The zero-order chi connectivity index (χ0) is 20.8. The molecular formula is C21H22ClN3O4. The summed E-state index contributed by atoms with van der Waals surface area (Å²) in [6.45, 7) is 2.49. The van der Waals surface area contributed by atoms with Gasteiger partial charge in [-0.25, -0.2) is 0 Å². The van der Waals surface area contributed by atoms with Gasteiger partial charge in [-0.15, -0.1) is 0 Å². The Hall–Kier alpha value is -3.19. The number of nitrogens with one attached hydrogen (secondary N) is 2. The average Bonchev–Trinajstić information content (AvgIpc) is 3.20. The maximum atomic E-state index is 12.7. The molecule has 2 N–H and O–H groups in total. The smallest absolute Gasteiger partial charge is 0.257 e. The van der Waals surface area contributed by atoms with E-state index in [-0.39, 0.29) is 5.91 Å². The first-order valence-electron chi connectivity index (χ1n) is 9.07. The van der Waals surface area contributed by atoms with E-state index in [1.165, 1.54) is 13.2 Å². The van der Waals surface area contributed by atoms with Crippen molar-refractivity contribution in [1.29, 1.82) is 0 Å². The lowest BCUT2D eigenvalue weighted by molar-refractivity contribution is 0.102. The monoisotopic (exact) mass is 415 g/mol. The van der Waals surface area contributed by atoms with Crippen LogP contribution in [0.25, 0.3) is 11.3 Å². The van der Waals surface area contributed by atoms with Crippen LogP contribution in [-0.2, 0) is 0 Å². The number of halogens is 1. The number of benzene rings is 2. The molecule has 0 aliphatic rings. The van der Waals surface area contributed by atoms with Crippen molar-refractivity contribution in [2.24, 2.45) is 0 Å². The lowest BCUT2D eigenvalue weighted by Crippen LogP contribution is -2.12. The lowest BCUT2D eigenvalue weighted by atomic mass is 10.1. The van der Waals surface area contributed by atoms with Gasteiger partial charge in [-0.2, -0.15) is 5.10 Å². The molecule has 2 aromatic carbocycles. The number of nitrogens with zero attached hydrogens (tertiary/aromatic N) is 1. The largest absolute Gasteiger partial charge is 0.496 e. The molecule has 0 aliphatic carbocycles. The molecular weight excluding hydrogens is 394 g/mol. The van der Waals surface area contributed by atoms with Crippen LogP contribution in [-0.4, -0.2) is 36.9 Å². The first-order chi connectivity index (χ1) is 14.1. The SMILES string of the molecule is CCCOc1c(Cl)cc(C(=O)Nc2cc(-c3ccccc3OC)[nH]n2)cc1OC. The highest BCUT2D eigenvalue weighted by Gasteiger charge is 2.17. The molecule has 0 saturated carbocycles. The van der Waals surface area contributed by atoms with Crippen molar-refractivity contribution < 1.29 is 19.0 Å². The van der Waals surface area contributed by atoms with Crippen molar-refractivity contribution in [3.8, 4) is 28.5 Å². The number of para-hydroxylation sites is 1. The van der Waals surface area contributed by atoms with E-state index in [0.717, 1.165) is 17.7 Å². The van der Waals surface area contributed by atoms with Gasteiger partial charge in [-0.05, 0) is 30.7 Å². The Morgan fingerprint density at radius 2 is 1.90 bits per heavy atom. The molecule has 1 heterocycles. The average molecular weight is 416 g/mol. The number of carbonyl (C=O) groups excluding carboxylic acids is 1. The quantitative estimate of drug-likeness (QED) is 0.552. The summed E-state index contributed by atoms with van der Waals surface area (Å²) in [5.41, 5.74) is 1.89. The number of rotatable bonds is 8. The van der Waals surface area contributed by atoms with E-state index in [4.69, 9.17) is 25.8 Å². The molecule has 152 valence electrons. The van der Waals surface area contributed by atoms with Crippen molar-refractivity contribution in [2.45, 2.75) is 13.3 Å². The maximum absolute atomic E-state index is 12.7. The van der Waals surface area contributed by atoms with Crippen LogP contribution in [0.4, 0.5) is 5.82 Å². The normalized spacial score (nSPS) is 10.5. The van der Waals surface area contributed by atoms with Gasteiger partial charge in [0.25, 0.3) is 5.91 Å². The van der Waals surface area contributed by atoms with Crippen LogP contribution in [0, 0.1) is 0 Å². The molecule has 0 spiro atoms. The molecule has 3 rings (SSSR count). The van der Waals surface area contributed by atoms with E-state index in [9.17, 15) is 4.79 Å². The van der Waals surface area contributed by atoms with Gasteiger partial charge in [-0.3, -0.25) is 9.89 Å². The number of amides is 1. The van der Waals surface area contributed by atoms with Crippen molar-refractivity contribution in [2.75, 3.05) is 26.1 Å². The number of H-pyrrole nitrogens is 1. The Balaban J connectivity index is 1.80. The van der Waals surface area contributed by atoms with E-state index in [2.05, 4.69) is 15.5 Å². The van der Waals surface area contributed by atoms with Gasteiger partial charge < -0.3 is 19.5 Å². The van der Waals surface area contributed by atoms with Crippen LogP contribution >= 0.6 is 11.6 Å². The molecule has 0 saturated heterocycles. The van der Waals surface area contributed by atoms with Gasteiger partial charge in [0.05, 0.1) is 31.5 Å². The second-order valence-electron chi connectivity index (χ2n) is 6.16. The predicted molar refractivity (Wildman–Crippen MR) is 112 cm³/mol. The summed E-state index contributed by atoms with van der Waals surface area (Å²) in [7, 11) is 3.10. The highest BCUT2D eigenvalue weighted by Crippen LogP contribution is 2.37. The van der Waals surface area contributed by atoms with E-state index in [1.807, 2.05) is 31.2 Å². The Kier molecular flexibility index (Phi) is 6.61. The number of hydrogen-bond donors (Lipinski definition) is 2. The lowest BCUT2D eigenvalue weighted by Gasteiger charge is -2.13. The molecule has 29 heavy (non-hydrogen) atoms. The molecule has 0 radical (unpaired) electrons. The molecule has 0 bridgehead atoms. The first-order valence-corrected chi connectivity index (χ1v) is 9.45. The van der Waals surface area contributed by atoms with Crippen LogP contribution in [0.1, 0.15) is 23.7 Å². The van der Waals surface area contributed by atoms with Crippen LogP contribution in [0.5, 0.6) is 17.2 Å². The molecule has 7 nitrogen and oxygen atoms in total. The Morgan fingerprint density at radius 3 is 2.62 bits per heavy atom. The Bertz CT molecular complexity index is 1000. The van der Waals surface area contributed by atoms with Crippen LogP contribution in [0.2, 0.25) is 5.02 Å². The van der Waals surface area contributed by atoms with E-state index in [1.54, 1.807) is 19.2 Å². The van der Waals surface area contributed by atoms with Gasteiger partial charge in [0.1, 0.15) is 5.75 Å². The predicted octanol–water partition coefficient (Wildman–Crippen LogP) is 4.79. The van der Waals surface area contributed by atoms with E-state index < -0.39 is 0 Å². The van der Waals surface area contributed by atoms with Gasteiger partial charge in [-0.1, -0.05) is 30.7 Å². The van der Waals surface area contributed by atoms with Crippen LogP contribution in [0.3, 0.4) is 0 Å². The number of aromatic nitrogens is 2. The molecule has 8 heteroatoms. The third-order valence-corrected chi connectivity index (χ3v) is 4.44. The summed E-state index contributed by atoms with van der Waals surface area (Å²) in [4.78, 5) is 12.7. The van der Waals surface area contributed by atoms with Crippen molar-refractivity contribution >= 4 is 23.3 Å². The molecule has 0 unspecified atom stereocenters. The molecule has 0 atom stereocenters. The summed E-state index contributed by atoms with van der Waals surface area (Å²) in [5.74, 6) is 1.52. The fourth-order valence-electron chi connectivity index (χ4n) is 2.77. The van der Waals surface area contributed by atoms with E-state index >= 15 is 0 Å². The molecule has 0 fully saturated rings. The second kappa shape index (κ2) is 9.34. The maximum Gasteiger partial charge on any atom is 0.257 e.